The van der Waals surface area contributed by atoms with E-state index in [1.807, 2.05) is 6.92 Å². The van der Waals surface area contributed by atoms with Crippen molar-refractivity contribution in [1.82, 2.24) is 16.0 Å². The molecule has 1 aromatic heterocycles. The minimum absolute atomic E-state index is 0. The third-order valence-corrected chi connectivity index (χ3v) is 4.74. The lowest BCUT2D eigenvalue weighted by Gasteiger charge is -2.32. The van der Waals surface area contributed by atoms with Crippen molar-refractivity contribution in [1.29, 1.82) is 0 Å². The Labute approximate surface area is 174 Å². The molecule has 0 spiro atoms. The van der Waals surface area contributed by atoms with Crippen molar-refractivity contribution in [3.63, 3.8) is 0 Å². The standard InChI is InChI=1S/C19H32N4O2.HI/c1-13-10-14(2)12-16(11-13)23-19(20-4)22-8-5-7-21-18(24)17-15(3)6-9-25-17;/h6,9,13-14,16H,5,7-8,10-12H2,1-4H3,(H,21,24)(H2,20,22,23);1H. The van der Waals surface area contributed by atoms with Crippen molar-refractivity contribution >= 4 is 35.8 Å². The van der Waals surface area contributed by atoms with Crippen molar-refractivity contribution in [2.75, 3.05) is 20.1 Å². The van der Waals surface area contributed by atoms with Crippen LogP contribution in [-0.2, 0) is 0 Å². The number of rotatable bonds is 6. The summed E-state index contributed by atoms with van der Waals surface area (Å²) in [7, 11) is 1.80. The molecule has 2 rings (SSSR count). The highest BCUT2D eigenvalue weighted by Gasteiger charge is 2.24. The van der Waals surface area contributed by atoms with Gasteiger partial charge < -0.3 is 20.4 Å². The second-order valence-electron chi connectivity index (χ2n) is 7.30. The maximum absolute atomic E-state index is 11.9. The van der Waals surface area contributed by atoms with Gasteiger partial charge in [-0.15, -0.1) is 24.0 Å². The molecule has 1 amide bonds. The Morgan fingerprint density at radius 3 is 2.42 bits per heavy atom. The summed E-state index contributed by atoms with van der Waals surface area (Å²) in [6.45, 7) is 7.87. The van der Waals surface area contributed by atoms with E-state index in [4.69, 9.17) is 4.42 Å². The molecule has 0 bridgehead atoms. The van der Waals surface area contributed by atoms with Crippen LogP contribution in [0.15, 0.2) is 21.7 Å². The summed E-state index contributed by atoms with van der Waals surface area (Å²) in [4.78, 5) is 16.3. The van der Waals surface area contributed by atoms with Gasteiger partial charge in [0.25, 0.3) is 5.91 Å². The molecule has 0 aromatic carbocycles. The van der Waals surface area contributed by atoms with Crippen molar-refractivity contribution in [3.05, 3.63) is 23.7 Å². The third kappa shape index (κ3) is 7.17. The first-order valence-corrected chi connectivity index (χ1v) is 9.29. The Morgan fingerprint density at radius 1 is 1.19 bits per heavy atom. The van der Waals surface area contributed by atoms with E-state index in [0.717, 1.165) is 36.3 Å². The van der Waals surface area contributed by atoms with Crippen LogP contribution in [0.25, 0.3) is 0 Å². The lowest BCUT2D eigenvalue weighted by molar-refractivity contribution is 0.0925. The molecule has 0 aliphatic heterocycles. The Morgan fingerprint density at radius 2 is 1.85 bits per heavy atom. The summed E-state index contributed by atoms with van der Waals surface area (Å²) in [6.07, 6.45) is 6.07. The normalized spacial score (nSPS) is 23.1. The molecule has 6 nitrogen and oxygen atoms in total. The van der Waals surface area contributed by atoms with Crippen LogP contribution in [0.2, 0.25) is 0 Å². The summed E-state index contributed by atoms with van der Waals surface area (Å²) < 4.78 is 5.18. The van der Waals surface area contributed by atoms with Gasteiger partial charge in [0, 0.05) is 31.7 Å². The molecule has 2 unspecified atom stereocenters. The largest absolute Gasteiger partial charge is 0.459 e. The van der Waals surface area contributed by atoms with Crippen molar-refractivity contribution in [3.8, 4) is 0 Å². The first kappa shape index (κ1) is 22.8. The fourth-order valence-electron chi connectivity index (χ4n) is 3.64. The second kappa shape index (κ2) is 11.5. The predicted octanol–water partition coefficient (Wildman–Crippen LogP) is 3.32. The summed E-state index contributed by atoms with van der Waals surface area (Å²) in [5, 5.41) is 9.74. The van der Waals surface area contributed by atoms with E-state index in [0.29, 0.717) is 18.3 Å². The maximum atomic E-state index is 11.9. The number of nitrogens with one attached hydrogen (secondary N) is 3. The maximum Gasteiger partial charge on any atom is 0.287 e. The van der Waals surface area contributed by atoms with E-state index in [2.05, 4.69) is 34.8 Å². The van der Waals surface area contributed by atoms with E-state index in [9.17, 15) is 4.79 Å². The predicted molar refractivity (Wildman–Crippen MR) is 116 cm³/mol. The van der Waals surface area contributed by atoms with Crippen molar-refractivity contribution < 1.29 is 9.21 Å². The minimum atomic E-state index is -0.157. The zero-order valence-electron chi connectivity index (χ0n) is 16.3. The third-order valence-electron chi connectivity index (χ3n) is 4.74. The quantitative estimate of drug-likeness (QED) is 0.255. The minimum Gasteiger partial charge on any atom is -0.459 e. The number of furan rings is 1. The molecule has 1 saturated carbocycles. The fraction of sp³-hybridized carbons (Fsp3) is 0.684. The molecule has 2 atom stereocenters. The highest BCUT2D eigenvalue weighted by atomic mass is 127. The van der Waals surface area contributed by atoms with Crippen LogP contribution in [0.5, 0.6) is 0 Å². The average Bonchev–Trinajstić information content (AvgIpc) is 2.98. The van der Waals surface area contributed by atoms with Gasteiger partial charge in [-0.1, -0.05) is 13.8 Å². The van der Waals surface area contributed by atoms with Gasteiger partial charge in [-0.05, 0) is 50.5 Å². The van der Waals surface area contributed by atoms with Crippen LogP contribution in [0, 0.1) is 18.8 Å². The van der Waals surface area contributed by atoms with Crippen LogP contribution in [0.4, 0.5) is 0 Å². The molecular formula is C19H33IN4O2. The summed E-state index contributed by atoms with van der Waals surface area (Å²) in [5.74, 6) is 2.61. The van der Waals surface area contributed by atoms with Crippen molar-refractivity contribution in [2.45, 2.75) is 52.5 Å². The van der Waals surface area contributed by atoms with E-state index in [1.54, 1.807) is 13.1 Å². The topological polar surface area (TPSA) is 78.7 Å². The SMILES string of the molecule is CN=C(NCCCNC(=O)c1occc1C)NC1CC(C)CC(C)C1.I. The van der Waals surface area contributed by atoms with Crippen LogP contribution in [0.1, 0.15) is 55.6 Å². The Balaban J connectivity index is 0.00000338. The van der Waals surface area contributed by atoms with Crippen LogP contribution < -0.4 is 16.0 Å². The van der Waals surface area contributed by atoms with Gasteiger partial charge in [0.15, 0.2) is 11.7 Å². The lowest BCUT2D eigenvalue weighted by atomic mass is 9.80. The average molecular weight is 476 g/mol. The molecule has 0 radical (unpaired) electrons. The molecule has 1 aliphatic carbocycles. The molecule has 0 saturated heterocycles. The van der Waals surface area contributed by atoms with Gasteiger partial charge in [0.1, 0.15) is 0 Å². The Bertz CT molecular complexity index is 578. The van der Waals surface area contributed by atoms with Gasteiger partial charge >= 0.3 is 0 Å². The number of guanidine groups is 1. The van der Waals surface area contributed by atoms with E-state index in [1.165, 1.54) is 25.5 Å². The summed E-state index contributed by atoms with van der Waals surface area (Å²) >= 11 is 0. The van der Waals surface area contributed by atoms with Gasteiger partial charge in [-0.2, -0.15) is 0 Å². The summed E-state index contributed by atoms with van der Waals surface area (Å²) in [5.41, 5.74) is 0.858. The first-order chi connectivity index (χ1) is 12.0. The number of carbonyl (C=O) groups is 1. The molecule has 148 valence electrons. The zero-order valence-corrected chi connectivity index (χ0v) is 18.6. The Hall–Kier alpha value is -1.25. The van der Waals surface area contributed by atoms with Gasteiger partial charge in [-0.3, -0.25) is 9.79 Å². The van der Waals surface area contributed by atoms with Crippen LogP contribution in [-0.4, -0.2) is 38.0 Å². The second-order valence-corrected chi connectivity index (χ2v) is 7.30. The van der Waals surface area contributed by atoms with Gasteiger partial charge in [0.05, 0.1) is 6.26 Å². The molecule has 1 aromatic rings. The smallest absolute Gasteiger partial charge is 0.287 e. The fourth-order valence-corrected chi connectivity index (χ4v) is 3.64. The molecular weight excluding hydrogens is 443 g/mol. The lowest BCUT2D eigenvalue weighted by Crippen LogP contribution is -2.46. The zero-order chi connectivity index (χ0) is 18.2. The van der Waals surface area contributed by atoms with E-state index in [-0.39, 0.29) is 29.9 Å². The monoisotopic (exact) mass is 476 g/mol. The number of nitrogens with zero attached hydrogens (tertiary/aromatic N) is 1. The molecule has 1 heterocycles. The number of amides is 1. The highest BCUT2D eigenvalue weighted by Crippen LogP contribution is 2.28. The number of carbonyl (C=O) groups excluding carboxylic acids is 1. The highest BCUT2D eigenvalue weighted by molar-refractivity contribution is 14.0. The van der Waals surface area contributed by atoms with E-state index >= 15 is 0 Å². The van der Waals surface area contributed by atoms with Crippen LogP contribution in [0.3, 0.4) is 0 Å². The molecule has 1 aliphatic rings. The number of aliphatic imine (C=N–C) groups is 1. The number of aryl methyl sites for hydroxylation is 1. The Kier molecular flexibility index (Phi) is 10.0. The first-order valence-electron chi connectivity index (χ1n) is 9.29. The number of halogens is 1. The van der Waals surface area contributed by atoms with Crippen LogP contribution >= 0.6 is 24.0 Å². The molecule has 26 heavy (non-hydrogen) atoms. The number of hydrogen-bond acceptors (Lipinski definition) is 3. The van der Waals surface area contributed by atoms with E-state index < -0.39 is 0 Å². The molecule has 7 heteroatoms. The van der Waals surface area contributed by atoms with Gasteiger partial charge in [0.2, 0.25) is 0 Å². The molecule has 1 fully saturated rings. The van der Waals surface area contributed by atoms with Crippen molar-refractivity contribution in [2.24, 2.45) is 16.8 Å². The molecule has 3 N–H and O–H groups in total. The van der Waals surface area contributed by atoms with Gasteiger partial charge in [-0.25, -0.2) is 0 Å². The summed E-state index contributed by atoms with van der Waals surface area (Å²) in [6, 6.07) is 2.28. The number of hydrogen-bond donors (Lipinski definition) is 3.